The minimum absolute atomic E-state index is 0.200. The number of benzene rings is 1. The molecule has 0 atom stereocenters. The maximum absolute atomic E-state index is 12.1. The summed E-state index contributed by atoms with van der Waals surface area (Å²) in [6.07, 6.45) is 0.624. The van der Waals surface area contributed by atoms with E-state index in [1.54, 1.807) is 18.2 Å². The summed E-state index contributed by atoms with van der Waals surface area (Å²) in [5.74, 6) is 0. The predicted octanol–water partition coefficient (Wildman–Crippen LogP) is 1.92. The van der Waals surface area contributed by atoms with Crippen molar-refractivity contribution >= 4 is 26.5 Å². The lowest BCUT2D eigenvalue weighted by atomic mass is 10.4. The third-order valence-electron chi connectivity index (χ3n) is 2.41. The molecule has 6 nitrogen and oxygen atoms in total. The Morgan fingerprint density at radius 1 is 1.25 bits per heavy atom. The molecule has 0 spiro atoms. The van der Waals surface area contributed by atoms with Crippen molar-refractivity contribution in [1.29, 1.82) is 0 Å². The Bertz CT molecular complexity index is 641. The van der Waals surface area contributed by atoms with Gasteiger partial charge < -0.3 is 4.74 Å². The minimum Gasteiger partial charge on any atom is -0.381 e. The summed E-state index contributed by atoms with van der Waals surface area (Å²) in [5.41, 5.74) is 0. The Morgan fingerprint density at radius 3 is 2.70 bits per heavy atom. The van der Waals surface area contributed by atoms with E-state index >= 15 is 0 Å². The number of ether oxygens (including phenoxy) is 1. The molecule has 1 heterocycles. The zero-order valence-electron chi connectivity index (χ0n) is 10.9. The number of aromatic nitrogens is 2. The van der Waals surface area contributed by atoms with Crippen molar-refractivity contribution in [2.45, 2.75) is 18.2 Å². The third kappa shape index (κ3) is 3.99. The molecule has 0 fully saturated rings. The number of hydrogen-bond donors (Lipinski definition) is 1. The van der Waals surface area contributed by atoms with Crippen LogP contribution >= 0.6 is 11.3 Å². The number of rotatable bonds is 7. The van der Waals surface area contributed by atoms with Crippen molar-refractivity contribution in [3.8, 4) is 0 Å². The van der Waals surface area contributed by atoms with E-state index in [1.807, 2.05) is 6.92 Å². The number of hydrogen-bond acceptors (Lipinski definition) is 6. The van der Waals surface area contributed by atoms with Gasteiger partial charge in [-0.3, -0.25) is 4.72 Å². The molecule has 2 rings (SSSR count). The zero-order chi connectivity index (χ0) is 14.4. The second-order valence-electron chi connectivity index (χ2n) is 3.87. The van der Waals surface area contributed by atoms with Crippen LogP contribution in [0.5, 0.6) is 0 Å². The Labute approximate surface area is 121 Å². The molecule has 0 aliphatic heterocycles. The molecule has 0 saturated carbocycles. The summed E-state index contributed by atoms with van der Waals surface area (Å²) < 4.78 is 31.8. The first-order chi connectivity index (χ1) is 9.62. The number of nitrogens with zero attached hydrogens (tertiary/aromatic N) is 2. The van der Waals surface area contributed by atoms with Crippen LogP contribution in [0.3, 0.4) is 0 Å². The molecule has 0 bridgehead atoms. The summed E-state index contributed by atoms with van der Waals surface area (Å²) in [5, 5.41) is 8.76. The number of nitrogens with one attached hydrogen (secondary N) is 1. The molecule has 0 aliphatic rings. The maximum atomic E-state index is 12.1. The third-order valence-corrected chi connectivity index (χ3v) is 4.79. The molecule has 0 unspecified atom stereocenters. The highest BCUT2D eigenvalue weighted by Crippen LogP contribution is 2.20. The van der Waals surface area contributed by atoms with E-state index in [2.05, 4.69) is 14.9 Å². The van der Waals surface area contributed by atoms with Crippen LogP contribution < -0.4 is 4.72 Å². The lowest BCUT2D eigenvalue weighted by Crippen LogP contribution is -2.12. The zero-order valence-corrected chi connectivity index (χ0v) is 12.6. The normalized spacial score (nSPS) is 11.4. The smallest absolute Gasteiger partial charge is 0.263 e. The van der Waals surface area contributed by atoms with Gasteiger partial charge >= 0.3 is 0 Å². The van der Waals surface area contributed by atoms with Crippen molar-refractivity contribution in [3.63, 3.8) is 0 Å². The van der Waals surface area contributed by atoms with Crippen LogP contribution in [0.15, 0.2) is 35.2 Å². The largest absolute Gasteiger partial charge is 0.381 e. The van der Waals surface area contributed by atoms with Crippen LogP contribution in [0.25, 0.3) is 0 Å². The van der Waals surface area contributed by atoms with Gasteiger partial charge in [-0.2, -0.15) is 0 Å². The molecule has 0 amide bonds. The molecule has 108 valence electrons. The van der Waals surface area contributed by atoms with Crippen molar-refractivity contribution in [2.24, 2.45) is 0 Å². The maximum Gasteiger partial charge on any atom is 0.263 e. The lowest BCUT2D eigenvalue weighted by Gasteiger charge is -2.03. The molecule has 0 aliphatic carbocycles. The fourth-order valence-electron chi connectivity index (χ4n) is 1.47. The highest BCUT2D eigenvalue weighted by atomic mass is 32.2. The van der Waals surface area contributed by atoms with Crippen molar-refractivity contribution < 1.29 is 13.2 Å². The summed E-state index contributed by atoms with van der Waals surface area (Å²) in [6, 6.07) is 8.15. The second-order valence-corrected chi connectivity index (χ2v) is 6.61. The van der Waals surface area contributed by atoms with Crippen LogP contribution in [0.1, 0.15) is 11.9 Å². The quantitative estimate of drug-likeness (QED) is 0.790. The van der Waals surface area contributed by atoms with Gasteiger partial charge in [-0.1, -0.05) is 29.5 Å². The van der Waals surface area contributed by atoms with Gasteiger partial charge in [0.2, 0.25) is 5.13 Å². The molecule has 2 aromatic rings. The molecular formula is C12H15N3O3S2. The summed E-state index contributed by atoms with van der Waals surface area (Å²) in [7, 11) is -3.60. The molecule has 0 radical (unpaired) electrons. The van der Waals surface area contributed by atoms with E-state index in [0.29, 0.717) is 19.6 Å². The van der Waals surface area contributed by atoms with E-state index in [9.17, 15) is 8.42 Å². The van der Waals surface area contributed by atoms with Crippen LogP contribution in [-0.2, 0) is 21.2 Å². The Morgan fingerprint density at radius 2 is 2.00 bits per heavy atom. The SMILES string of the molecule is CCOCCc1nnc(NS(=O)(=O)c2ccccc2)s1. The molecule has 0 saturated heterocycles. The highest BCUT2D eigenvalue weighted by Gasteiger charge is 2.16. The summed E-state index contributed by atoms with van der Waals surface area (Å²) >= 11 is 1.21. The van der Waals surface area contributed by atoms with Gasteiger partial charge in [0.25, 0.3) is 10.0 Å². The van der Waals surface area contributed by atoms with Crippen molar-refractivity contribution in [2.75, 3.05) is 17.9 Å². The van der Waals surface area contributed by atoms with Crippen molar-refractivity contribution in [1.82, 2.24) is 10.2 Å². The molecule has 1 aromatic carbocycles. The molecule has 1 N–H and O–H groups in total. The van der Waals surface area contributed by atoms with Crippen molar-refractivity contribution in [3.05, 3.63) is 35.3 Å². The lowest BCUT2D eigenvalue weighted by molar-refractivity contribution is 0.150. The highest BCUT2D eigenvalue weighted by molar-refractivity contribution is 7.93. The molecule has 1 aromatic heterocycles. The second kappa shape index (κ2) is 6.78. The monoisotopic (exact) mass is 313 g/mol. The van der Waals surface area contributed by atoms with E-state index in [-0.39, 0.29) is 10.0 Å². The standard InChI is InChI=1S/C12H15N3O3S2/c1-2-18-9-8-11-13-14-12(19-11)15-20(16,17)10-6-4-3-5-7-10/h3-7H,2,8-9H2,1H3,(H,14,15). The number of anilines is 1. The Hall–Kier alpha value is -1.51. The topological polar surface area (TPSA) is 81.2 Å². The fourth-order valence-corrected chi connectivity index (χ4v) is 3.44. The fraction of sp³-hybridized carbons (Fsp3) is 0.333. The Kier molecular flexibility index (Phi) is 5.05. The molecular weight excluding hydrogens is 298 g/mol. The van der Waals surface area contributed by atoms with Crippen LogP contribution in [0.2, 0.25) is 0 Å². The van der Waals surface area contributed by atoms with E-state index in [0.717, 1.165) is 5.01 Å². The van der Waals surface area contributed by atoms with Gasteiger partial charge in [0.1, 0.15) is 5.01 Å². The van der Waals surface area contributed by atoms with Gasteiger partial charge in [0.15, 0.2) is 0 Å². The van der Waals surface area contributed by atoms with Crippen LogP contribution in [-0.4, -0.2) is 31.8 Å². The van der Waals surface area contributed by atoms with E-state index in [4.69, 9.17) is 4.74 Å². The first-order valence-electron chi connectivity index (χ1n) is 6.10. The van der Waals surface area contributed by atoms with Gasteiger partial charge in [0.05, 0.1) is 11.5 Å². The average molecular weight is 313 g/mol. The van der Waals surface area contributed by atoms with Crippen LogP contribution in [0, 0.1) is 0 Å². The summed E-state index contributed by atoms with van der Waals surface area (Å²) in [6.45, 7) is 3.11. The van der Waals surface area contributed by atoms with E-state index in [1.165, 1.54) is 23.5 Å². The number of sulfonamides is 1. The van der Waals surface area contributed by atoms with Gasteiger partial charge in [-0.25, -0.2) is 8.42 Å². The van der Waals surface area contributed by atoms with Gasteiger partial charge in [-0.15, -0.1) is 10.2 Å². The summed E-state index contributed by atoms with van der Waals surface area (Å²) in [4.78, 5) is 0.200. The predicted molar refractivity (Wildman–Crippen MR) is 77.4 cm³/mol. The van der Waals surface area contributed by atoms with Crippen LogP contribution in [0.4, 0.5) is 5.13 Å². The first kappa shape index (κ1) is 14.9. The van der Waals surface area contributed by atoms with E-state index < -0.39 is 10.0 Å². The van der Waals surface area contributed by atoms with Gasteiger partial charge in [-0.05, 0) is 19.1 Å². The molecule has 20 heavy (non-hydrogen) atoms. The minimum atomic E-state index is -3.60. The first-order valence-corrected chi connectivity index (χ1v) is 8.40. The average Bonchev–Trinajstić information content (AvgIpc) is 2.87. The van der Waals surface area contributed by atoms with Gasteiger partial charge in [0, 0.05) is 13.0 Å². The Balaban J connectivity index is 2.03. The molecule has 8 heteroatoms.